The minimum Gasteiger partial charge on any atom is -0.343 e. The Labute approximate surface area is 183 Å². The molecule has 1 heterocycles. The molecule has 2 N–H and O–H groups in total. The maximum absolute atomic E-state index is 13.0. The Morgan fingerprint density at radius 2 is 1.52 bits per heavy atom. The Balaban J connectivity index is 1.64. The van der Waals surface area contributed by atoms with Crippen molar-refractivity contribution in [2.45, 2.75) is 40.0 Å². The largest absolute Gasteiger partial charge is 0.343 e. The minimum atomic E-state index is -0.327. The Hall–Kier alpha value is -3.35. The van der Waals surface area contributed by atoms with E-state index in [1.165, 1.54) is 10.0 Å². The van der Waals surface area contributed by atoms with Crippen molar-refractivity contribution in [2.24, 2.45) is 0 Å². The van der Waals surface area contributed by atoms with E-state index in [-0.39, 0.29) is 24.4 Å². The number of aryl methyl sites for hydroxylation is 3. The third-order valence-corrected chi connectivity index (χ3v) is 5.50. The van der Waals surface area contributed by atoms with Gasteiger partial charge in [-0.05, 0) is 49.4 Å². The smallest absolute Gasteiger partial charge is 0.340 e. The summed E-state index contributed by atoms with van der Waals surface area (Å²) in [5, 5.41) is 8.52. The second-order valence-corrected chi connectivity index (χ2v) is 7.63. The summed E-state index contributed by atoms with van der Waals surface area (Å²) >= 11 is 0. The standard InChI is InChI=1S/C24H30N4O3/c1-4-18-8-6-9-19(5-2)22(18)26-24(31)28-15-7-14-27(28)21(29)16-25-23(30)20-12-10-17(3)11-13-20/h6,8-13H,4-5,7,14-16H2,1-3H3,(H,25,30)(H,26,31). The Morgan fingerprint density at radius 3 is 2.13 bits per heavy atom. The van der Waals surface area contributed by atoms with E-state index in [0.29, 0.717) is 25.1 Å². The first-order valence-electron chi connectivity index (χ1n) is 10.8. The van der Waals surface area contributed by atoms with Crippen molar-refractivity contribution in [2.75, 3.05) is 25.0 Å². The van der Waals surface area contributed by atoms with Crippen LogP contribution in [-0.4, -0.2) is 47.5 Å². The maximum Gasteiger partial charge on any atom is 0.340 e. The fraction of sp³-hybridized carbons (Fsp3) is 0.375. The molecule has 2 aromatic carbocycles. The lowest BCUT2D eigenvalue weighted by molar-refractivity contribution is -0.138. The van der Waals surface area contributed by atoms with Gasteiger partial charge in [-0.3, -0.25) is 9.59 Å². The Morgan fingerprint density at radius 1 is 0.903 bits per heavy atom. The van der Waals surface area contributed by atoms with Gasteiger partial charge in [-0.1, -0.05) is 49.7 Å². The van der Waals surface area contributed by atoms with Crippen molar-refractivity contribution in [3.05, 3.63) is 64.7 Å². The van der Waals surface area contributed by atoms with Crippen LogP contribution < -0.4 is 10.6 Å². The van der Waals surface area contributed by atoms with E-state index < -0.39 is 0 Å². The summed E-state index contributed by atoms with van der Waals surface area (Å²) < 4.78 is 0. The lowest BCUT2D eigenvalue weighted by atomic mass is 10.0. The Bertz CT molecular complexity index is 934. The van der Waals surface area contributed by atoms with E-state index >= 15 is 0 Å². The zero-order valence-electron chi connectivity index (χ0n) is 18.4. The molecule has 2 aromatic rings. The summed E-state index contributed by atoms with van der Waals surface area (Å²) in [6.45, 7) is 6.78. The number of benzene rings is 2. The van der Waals surface area contributed by atoms with Crippen LogP contribution in [-0.2, 0) is 17.6 Å². The number of nitrogens with zero attached hydrogens (tertiary/aromatic N) is 2. The van der Waals surface area contributed by atoms with Crippen molar-refractivity contribution in [1.82, 2.24) is 15.3 Å². The van der Waals surface area contributed by atoms with Gasteiger partial charge in [0.2, 0.25) is 0 Å². The van der Waals surface area contributed by atoms with Crippen LogP contribution in [0.5, 0.6) is 0 Å². The highest BCUT2D eigenvalue weighted by atomic mass is 16.2. The molecule has 0 spiro atoms. The van der Waals surface area contributed by atoms with Crippen LogP contribution in [0.2, 0.25) is 0 Å². The van der Waals surface area contributed by atoms with Gasteiger partial charge in [0.1, 0.15) is 0 Å². The molecule has 31 heavy (non-hydrogen) atoms. The number of amides is 4. The van der Waals surface area contributed by atoms with Gasteiger partial charge in [0.15, 0.2) is 0 Å². The summed E-state index contributed by atoms with van der Waals surface area (Å²) in [4.78, 5) is 38.0. The topological polar surface area (TPSA) is 81.8 Å². The van der Waals surface area contributed by atoms with Gasteiger partial charge >= 0.3 is 6.03 Å². The molecule has 7 nitrogen and oxygen atoms in total. The molecule has 3 rings (SSSR count). The van der Waals surface area contributed by atoms with E-state index in [1.54, 1.807) is 12.1 Å². The summed E-state index contributed by atoms with van der Waals surface area (Å²) in [6, 6.07) is 12.8. The quantitative estimate of drug-likeness (QED) is 0.747. The van der Waals surface area contributed by atoms with E-state index in [4.69, 9.17) is 0 Å². The molecule has 0 unspecified atom stereocenters. The van der Waals surface area contributed by atoms with Gasteiger partial charge in [-0.25, -0.2) is 14.8 Å². The first-order chi connectivity index (χ1) is 14.9. The molecule has 1 fully saturated rings. The lowest BCUT2D eigenvalue weighted by Crippen LogP contribution is -2.50. The summed E-state index contributed by atoms with van der Waals surface area (Å²) in [6.07, 6.45) is 2.30. The molecule has 7 heteroatoms. The van der Waals surface area contributed by atoms with Crippen LogP contribution in [0.3, 0.4) is 0 Å². The van der Waals surface area contributed by atoms with Crippen molar-refractivity contribution in [1.29, 1.82) is 0 Å². The number of hydrazine groups is 1. The van der Waals surface area contributed by atoms with Crippen LogP contribution in [0, 0.1) is 6.92 Å². The van der Waals surface area contributed by atoms with Gasteiger partial charge < -0.3 is 10.6 Å². The Kier molecular flexibility index (Phi) is 7.28. The van der Waals surface area contributed by atoms with Crippen LogP contribution in [0.4, 0.5) is 10.5 Å². The predicted octanol–water partition coefficient (Wildman–Crippen LogP) is 3.53. The molecule has 0 aliphatic carbocycles. The van der Waals surface area contributed by atoms with Crippen LogP contribution >= 0.6 is 0 Å². The SMILES string of the molecule is CCc1cccc(CC)c1NC(=O)N1CCCN1C(=O)CNC(=O)c1ccc(C)cc1. The molecule has 1 aliphatic heterocycles. The monoisotopic (exact) mass is 422 g/mol. The molecule has 4 amide bonds. The highest BCUT2D eigenvalue weighted by molar-refractivity contribution is 5.97. The highest BCUT2D eigenvalue weighted by Crippen LogP contribution is 2.24. The number of rotatable bonds is 6. The maximum atomic E-state index is 13.0. The molecule has 1 saturated heterocycles. The molecular formula is C24H30N4O3. The number of carbonyl (C=O) groups is 3. The van der Waals surface area contributed by atoms with Gasteiger partial charge in [0.25, 0.3) is 11.8 Å². The van der Waals surface area contributed by atoms with Gasteiger partial charge in [0, 0.05) is 24.3 Å². The van der Waals surface area contributed by atoms with E-state index in [2.05, 4.69) is 10.6 Å². The van der Waals surface area contributed by atoms with Crippen molar-refractivity contribution in [3.8, 4) is 0 Å². The number of para-hydroxylation sites is 1. The minimum absolute atomic E-state index is 0.164. The second kappa shape index (κ2) is 10.1. The average Bonchev–Trinajstić information content (AvgIpc) is 3.28. The molecule has 0 radical (unpaired) electrons. The number of nitrogens with one attached hydrogen (secondary N) is 2. The fourth-order valence-corrected chi connectivity index (χ4v) is 3.71. The third kappa shape index (κ3) is 5.23. The highest BCUT2D eigenvalue weighted by Gasteiger charge is 2.31. The van der Waals surface area contributed by atoms with Gasteiger partial charge in [-0.2, -0.15) is 0 Å². The fourth-order valence-electron chi connectivity index (χ4n) is 3.71. The molecule has 0 aromatic heterocycles. The van der Waals surface area contributed by atoms with Crippen molar-refractivity contribution < 1.29 is 14.4 Å². The number of carbonyl (C=O) groups excluding carboxylic acids is 3. The van der Waals surface area contributed by atoms with Gasteiger partial charge in [-0.15, -0.1) is 0 Å². The zero-order valence-corrected chi connectivity index (χ0v) is 18.4. The normalized spacial score (nSPS) is 13.3. The number of anilines is 1. The average molecular weight is 423 g/mol. The molecule has 0 atom stereocenters. The first kappa shape index (κ1) is 22.3. The number of hydrogen-bond acceptors (Lipinski definition) is 3. The van der Waals surface area contributed by atoms with E-state index in [9.17, 15) is 14.4 Å². The zero-order chi connectivity index (χ0) is 22.4. The van der Waals surface area contributed by atoms with E-state index in [0.717, 1.165) is 35.2 Å². The third-order valence-electron chi connectivity index (χ3n) is 5.50. The predicted molar refractivity (Wildman–Crippen MR) is 121 cm³/mol. The lowest BCUT2D eigenvalue weighted by Gasteiger charge is -2.29. The molecule has 0 bridgehead atoms. The summed E-state index contributed by atoms with van der Waals surface area (Å²) in [5.74, 6) is -0.624. The van der Waals surface area contributed by atoms with Gasteiger partial charge in [0.05, 0.1) is 6.54 Å². The number of hydrogen-bond donors (Lipinski definition) is 2. The van der Waals surface area contributed by atoms with Crippen LogP contribution in [0.1, 0.15) is 47.3 Å². The molecular weight excluding hydrogens is 392 g/mol. The molecule has 1 aliphatic rings. The molecule has 164 valence electrons. The first-order valence-corrected chi connectivity index (χ1v) is 10.8. The second-order valence-electron chi connectivity index (χ2n) is 7.63. The van der Waals surface area contributed by atoms with Crippen molar-refractivity contribution in [3.63, 3.8) is 0 Å². The van der Waals surface area contributed by atoms with Crippen LogP contribution in [0.15, 0.2) is 42.5 Å². The summed E-state index contributed by atoms with van der Waals surface area (Å²) in [7, 11) is 0. The van der Waals surface area contributed by atoms with Crippen LogP contribution in [0.25, 0.3) is 0 Å². The van der Waals surface area contributed by atoms with Crippen molar-refractivity contribution >= 4 is 23.5 Å². The molecule has 0 saturated carbocycles. The number of urea groups is 1. The summed E-state index contributed by atoms with van der Waals surface area (Å²) in [5.41, 5.74) is 4.51. The van der Waals surface area contributed by atoms with E-state index in [1.807, 2.05) is 51.1 Å².